The SMILES string of the molecule is CCCC(CCC)S(=O)(=O)C[C@H](NC(=O)CS(C)(=O)=O)C(=O)O[C@H](CNCc1cccc(OC)c1)[C@@H](N)Cc1ccccc1. The molecule has 0 aromatic heterocycles. The van der Waals surface area contributed by atoms with Crippen LogP contribution in [0, 0.1) is 0 Å². The fourth-order valence-electron chi connectivity index (χ4n) is 4.83. The molecule has 0 fully saturated rings. The van der Waals surface area contributed by atoms with Crippen molar-refractivity contribution in [2.75, 3.05) is 31.4 Å². The van der Waals surface area contributed by atoms with Gasteiger partial charge in [-0.05, 0) is 42.5 Å². The van der Waals surface area contributed by atoms with Crippen molar-refractivity contribution >= 4 is 31.6 Å². The number of hydrogen-bond acceptors (Lipinski definition) is 10. The van der Waals surface area contributed by atoms with Gasteiger partial charge in [0, 0.05) is 25.4 Å². The molecule has 11 nitrogen and oxygen atoms in total. The number of nitrogens with two attached hydrogens (primary N) is 1. The lowest BCUT2D eigenvalue weighted by Crippen LogP contribution is -2.53. The Labute approximate surface area is 262 Å². The molecule has 1 amide bonds. The molecule has 2 aromatic rings. The summed E-state index contributed by atoms with van der Waals surface area (Å²) in [6, 6.07) is 14.5. The molecule has 0 aliphatic heterocycles. The zero-order valence-corrected chi connectivity index (χ0v) is 27.7. The van der Waals surface area contributed by atoms with Gasteiger partial charge in [0.1, 0.15) is 23.6 Å². The summed E-state index contributed by atoms with van der Waals surface area (Å²) in [5.74, 6) is -2.92. The molecule has 3 atom stereocenters. The van der Waals surface area contributed by atoms with Gasteiger partial charge in [0.2, 0.25) is 5.91 Å². The number of amides is 1. The van der Waals surface area contributed by atoms with Gasteiger partial charge in [-0.2, -0.15) is 0 Å². The summed E-state index contributed by atoms with van der Waals surface area (Å²) in [5, 5.41) is 4.84. The van der Waals surface area contributed by atoms with E-state index in [1.54, 1.807) is 7.11 Å². The van der Waals surface area contributed by atoms with E-state index in [0.29, 0.717) is 44.4 Å². The van der Waals surface area contributed by atoms with Crippen molar-refractivity contribution in [3.05, 3.63) is 65.7 Å². The predicted octanol–water partition coefficient (Wildman–Crippen LogP) is 2.18. The van der Waals surface area contributed by atoms with Crippen LogP contribution in [0.25, 0.3) is 0 Å². The summed E-state index contributed by atoms with van der Waals surface area (Å²) in [6.45, 7) is 4.27. The van der Waals surface area contributed by atoms with Crippen LogP contribution in [0.2, 0.25) is 0 Å². The van der Waals surface area contributed by atoms with E-state index in [-0.39, 0.29) is 6.54 Å². The Morgan fingerprint density at radius 2 is 1.57 bits per heavy atom. The van der Waals surface area contributed by atoms with Crippen LogP contribution in [-0.4, -0.2) is 83.6 Å². The maximum Gasteiger partial charge on any atom is 0.330 e. The van der Waals surface area contributed by atoms with Crippen molar-refractivity contribution in [1.82, 2.24) is 10.6 Å². The fraction of sp³-hybridized carbons (Fsp3) is 0.548. The van der Waals surface area contributed by atoms with Gasteiger partial charge < -0.3 is 25.8 Å². The van der Waals surface area contributed by atoms with E-state index in [0.717, 1.165) is 17.4 Å². The molecule has 246 valence electrons. The number of carbonyl (C=O) groups is 2. The number of rotatable bonds is 20. The third kappa shape index (κ3) is 13.3. The van der Waals surface area contributed by atoms with Crippen LogP contribution in [-0.2, 0) is 47.0 Å². The Balaban J connectivity index is 2.31. The van der Waals surface area contributed by atoms with Crippen LogP contribution in [0.5, 0.6) is 5.75 Å². The molecule has 0 saturated carbocycles. The molecular formula is C31H47N3O8S2. The smallest absolute Gasteiger partial charge is 0.330 e. The summed E-state index contributed by atoms with van der Waals surface area (Å²) in [4.78, 5) is 26.2. The third-order valence-electron chi connectivity index (χ3n) is 7.01. The molecule has 0 heterocycles. The first-order valence-corrected chi connectivity index (χ1v) is 18.6. The molecule has 0 saturated heterocycles. The summed E-state index contributed by atoms with van der Waals surface area (Å²) in [6.07, 6.45) is 2.36. The van der Waals surface area contributed by atoms with Gasteiger partial charge in [0.25, 0.3) is 0 Å². The van der Waals surface area contributed by atoms with Crippen LogP contribution in [0.4, 0.5) is 0 Å². The summed E-state index contributed by atoms with van der Waals surface area (Å²) in [7, 11) is -6.04. The summed E-state index contributed by atoms with van der Waals surface area (Å²) < 4.78 is 61.4. The predicted molar refractivity (Wildman–Crippen MR) is 172 cm³/mol. The molecule has 2 aromatic carbocycles. The summed E-state index contributed by atoms with van der Waals surface area (Å²) >= 11 is 0. The zero-order chi connectivity index (χ0) is 32.8. The second kappa shape index (κ2) is 18.1. The first kappa shape index (κ1) is 37.2. The molecule has 4 N–H and O–H groups in total. The Morgan fingerprint density at radius 3 is 2.16 bits per heavy atom. The van der Waals surface area contributed by atoms with E-state index in [9.17, 15) is 26.4 Å². The monoisotopic (exact) mass is 653 g/mol. The second-order valence-electron chi connectivity index (χ2n) is 11.0. The van der Waals surface area contributed by atoms with Crippen LogP contribution < -0.4 is 21.1 Å². The van der Waals surface area contributed by atoms with E-state index < -0.39 is 66.5 Å². The highest BCUT2D eigenvalue weighted by Gasteiger charge is 2.35. The van der Waals surface area contributed by atoms with Crippen molar-refractivity contribution in [1.29, 1.82) is 0 Å². The number of benzene rings is 2. The molecule has 13 heteroatoms. The Hall–Kier alpha value is -3.00. The lowest BCUT2D eigenvalue weighted by atomic mass is 10.0. The number of sulfone groups is 2. The number of carbonyl (C=O) groups excluding carboxylic acids is 2. The number of ether oxygens (including phenoxy) is 2. The van der Waals surface area contributed by atoms with Crippen LogP contribution in [0.15, 0.2) is 54.6 Å². The molecule has 0 unspecified atom stereocenters. The van der Waals surface area contributed by atoms with Crippen molar-refractivity contribution in [3.63, 3.8) is 0 Å². The highest BCUT2D eigenvalue weighted by Crippen LogP contribution is 2.18. The normalized spacial score (nSPS) is 14.0. The van der Waals surface area contributed by atoms with E-state index in [4.69, 9.17) is 15.2 Å². The molecule has 44 heavy (non-hydrogen) atoms. The average Bonchev–Trinajstić information content (AvgIpc) is 2.95. The van der Waals surface area contributed by atoms with Gasteiger partial charge in [0.15, 0.2) is 19.7 Å². The lowest BCUT2D eigenvalue weighted by Gasteiger charge is -2.28. The fourth-order valence-corrected chi connectivity index (χ4v) is 7.53. The third-order valence-corrected chi connectivity index (χ3v) is 10.1. The molecule has 0 spiro atoms. The molecule has 0 aliphatic carbocycles. The first-order chi connectivity index (χ1) is 20.8. The Bertz CT molecular complexity index is 1400. The maximum absolute atomic E-state index is 13.6. The van der Waals surface area contributed by atoms with Crippen LogP contribution in [0.3, 0.4) is 0 Å². The average molecular weight is 654 g/mol. The maximum atomic E-state index is 13.6. The molecule has 0 aliphatic rings. The molecule has 0 bridgehead atoms. The molecule has 0 radical (unpaired) electrons. The van der Waals surface area contributed by atoms with E-state index in [2.05, 4.69) is 10.6 Å². The number of nitrogens with one attached hydrogen (secondary N) is 2. The topological polar surface area (TPSA) is 171 Å². The minimum absolute atomic E-state index is 0.127. The van der Waals surface area contributed by atoms with Gasteiger partial charge in [-0.15, -0.1) is 0 Å². The van der Waals surface area contributed by atoms with Crippen molar-refractivity contribution in [2.45, 2.75) is 75.9 Å². The van der Waals surface area contributed by atoms with Crippen molar-refractivity contribution in [2.24, 2.45) is 5.73 Å². The van der Waals surface area contributed by atoms with Gasteiger partial charge in [-0.3, -0.25) is 4.79 Å². The summed E-state index contributed by atoms with van der Waals surface area (Å²) in [5.41, 5.74) is 8.37. The minimum atomic E-state index is -3.87. The van der Waals surface area contributed by atoms with Crippen LogP contribution >= 0.6 is 0 Å². The number of esters is 1. The Morgan fingerprint density at radius 1 is 0.932 bits per heavy atom. The van der Waals surface area contributed by atoms with Gasteiger partial charge in [0.05, 0.1) is 18.1 Å². The first-order valence-electron chi connectivity index (χ1n) is 14.8. The van der Waals surface area contributed by atoms with Crippen molar-refractivity contribution in [3.8, 4) is 5.75 Å². The molecule has 2 rings (SSSR count). The van der Waals surface area contributed by atoms with E-state index >= 15 is 0 Å². The quantitative estimate of drug-likeness (QED) is 0.180. The van der Waals surface area contributed by atoms with Crippen LogP contribution in [0.1, 0.15) is 50.7 Å². The Kier molecular flexibility index (Phi) is 15.3. The number of methoxy groups -OCH3 is 1. The van der Waals surface area contributed by atoms with Gasteiger partial charge in [-0.25, -0.2) is 21.6 Å². The van der Waals surface area contributed by atoms with Crippen molar-refractivity contribution < 1.29 is 35.9 Å². The van der Waals surface area contributed by atoms with Gasteiger partial charge in [-0.1, -0.05) is 69.2 Å². The van der Waals surface area contributed by atoms with E-state index in [1.807, 2.05) is 68.4 Å². The highest BCUT2D eigenvalue weighted by molar-refractivity contribution is 7.92. The highest BCUT2D eigenvalue weighted by atomic mass is 32.2. The lowest BCUT2D eigenvalue weighted by molar-refractivity contribution is -0.153. The largest absolute Gasteiger partial charge is 0.497 e. The molecular weight excluding hydrogens is 606 g/mol. The minimum Gasteiger partial charge on any atom is -0.497 e. The standard InChI is InChI=1S/C31H47N3O8S2/c1-5-11-26(12-6-2)44(39,40)21-28(34-30(35)22-43(4,37)38)31(36)42-29(27(32)18-23-13-8-7-9-14-23)20-33-19-24-15-10-16-25(17-24)41-3/h7-10,13-17,26-29,33H,5-6,11-12,18-22,32H2,1-4H3,(H,34,35)/t27-,28-,29+/m0/s1. The van der Waals surface area contributed by atoms with E-state index in [1.165, 1.54) is 0 Å². The zero-order valence-electron chi connectivity index (χ0n) is 26.0. The van der Waals surface area contributed by atoms with Gasteiger partial charge >= 0.3 is 5.97 Å². The number of hydrogen-bond donors (Lipinski definition) is 3. The second-order valence-corrected chi connectivity index (χ2v) is 15.5.